The zero-order valence-corrected chi connectivity index (χ0v) is 18.9. The Morgan fingerprint density at radius 3 is 2.31 bits per heavy atom. The SMILES string of the molecule is Cc1ccc(/C=C2\S/C(=N/c3nc(-c4ccccc4)cs3)N(c3ccccc3)C2=O)cc1. The molecule has 4 nitrogen and oxygen atoms in total. The maximum absolute atomic E-state index is 13.3. The third-order valence-electron chi connectivity index (χ3n) is 4.95. The number of amidine groups is 1. The van der Waals surface area contributed by atoms with Gasteiger partial charge >= 0.3 is 0 Å². The molecule has 156 valence electrons. The topological polar surface area (TPSA) is 45.6 Å². The number of benzene rings is 3. The van der Waals surface area contributed by atoms with Crippen LogP contribution in [0.25, 0.3) is 17.3 Å². The third kappa shape index (κ3) is 4.28. The van der Waals surface area contributed by atoms with Gasteiger partial charge in [-0.25, -0.2) is 4.98 Å². The zero-order chi connectivity index (χ0) is 21.9. The highest BCUT2D eigenvalue weighted by molar-refractivity contribution is 8.19. The quantitative estimate of drug-likeness (QED) is 0.315. The number of nitrogens with zero attached hydrogens (tertiary/aromatic N) is 3. The van der Waals surface area contributed by atoms with E-state index in [2.05, 4.69) is 4.98 Å². The number of carbonyl (C=O) groups excluding carboxylic acids is 1. The van der Waals surface area contributed by atoms with Crippen molar-refractivity contribution in [3.63, 3.8) is 0 Å². The van der Waals surface area contributed by atoms with Crippen LogP contribution in [-0.4, -0.2) is 16.1 Å². The van der Waals surface area contributed by atoms with Crippen molar-refractivity contribution in [3.05, 3.63) is 106 Å². The number of thiazole rings is 1. The number of hydrogen-bond donors (Lipinski definition) is 0. The molecule has 1 aliphatic rings. The molecular formula is C26H19N3OS2. The number of para-hydroxylation sites is 1. The molecule has 1 aliphatic heterocycles. The zero-order valence-electron chi connectivity index (χ0n) is 17.3. The number of amides is 1. The summed E-state index contributed by atoms with van der Waals surface area (Å²) in [6.45, 7) is 2.05. The molecule has 0 unspecified atom stereocenters. The molecule has 4 aromatic rings. The second kappa shape index (κ2) is 8.94. The first kappa shape index (κ1) is 20.4. The van der Waals surface area contributed by atoms with Crippen LogP contribution in [0.2, 0.25) is 0 Å². The first-order valence-electron chi connectivity index (χ1n) is 10.1. The molecule has 6 heteroatoms. The molecule has 1 saturated heterocycles. The van der Waals surface area contributed by atoms with Crippen LogP contribution in [0, 0.1) is 6.92 Å². The molecule has 0 bridgehead atoms. The molecule has 1 amide bonds. The van der Waals surface area contributed by atoms with Crippen molar-refractivity contribution < 1.29 is 4.79 Å². The van der Waals surface area contributed by atoms with Crippen LogP contribution in [0.15, 0.2) is 100 Å². The third-order valence-corrected chi connectivity index (χ3v) is 6.65. The van der Waals surface area contributed by atoms with Crippen molar-refractivity contribution >= 4 is 51.1 Å². The number of aliphatic imine (C=N–C) groups is 1. The van der Waals surface area contributed by atoms with E-state index in [-0.39, 0.29) is 5.91 Å². The van der Waals surface area contributed by atoms with Gasteiger partial charge in [0.2, 0.25) is 5.13 Å². The van der Waals surface area contributed by atoms with Gasteiger partial charge in [0.05, 0.1) is 16.3 Å². The highest BCUT2D eigenvalue weighted by Gasteiger charge is 2.35. The maximum atomic E-state index is 13.3. The molecule has 0 N–H and O–H groups in total. The minimum atomic E-state index is -0.0830. The number of thioether (sulfide) groups is 1. The van der Waals surface area contributed by atoms with Gasteiger partial charge in [-0.05, 0) is 42.5 Å². The van der Waals surface area contributed by atoms with E-state index in [9.17, 15) is 4.79 Å². The number of hydrogen-bond acceptors (Lipinski definition) is 5. The van der Waals surface area contributed by atoms with Crippen molar-refractivity contribution in [2.45, 2.75) is 6.92 Å². The van der Waals surface area contributed by atoms with E-state index in [0.717, 1.165) is 22.5 Å². The van der Waals surface area contributed by atoms with Gasteiger partial charge in [0, 0.05) is 10.9 Å². The van der Waals surface area contributed by atoms with E-state index in [4.69, 9.17) is 4.99 Å². The van der Waals surface area contributed by atoms with Gasteiger partial charge in [0.25, 0.3) is 5.91 Å². The number of aryl methyl sites for hydroxylation is 1. The van der Waals surface area contributed by atoms with Crippen molar-refractivity contribution in [1.82, 2.24) is 4.98 Å². The van der Waals surface area contributed by atoms with Crippen LogP contribution >= 0.6 is 23.1 Å². The Kier molecular flexibility index (Phi) is 5.71. The van der Waals surface area contributed by atoms with Crippen molar-refractivity contribution in [2.75, 3.05) is 4.90 Å². The van der Waals surface area contributed by atoms with Gasteiger partial charge < -0.3 is 0 Å². The first-order valence-corrected chi connectivity index (χ1v) is 11.8. The van der Waals surface area contributed by atoms with E-state index >= 15 is 0 Å². The van der Waals surface area contributed by atoms with Gasteiger partial charge in [-0.2, -0.15) is 4.99 Å². The van der Waals surface area contributed by atoms with E-state index in [1.807, 2.05) is 103 Å². The Labute approximate surface area is 195 Å². The second-order valence-corrected chi connectivity index (χ2v) is 9.12. The van der Waals surface area contributed by atoms with Crippen LogP contribution in [-0.2, 0) is 4.79 Å². The molecule has 0 saturated carbocycles. The molecule has 1 aromatic heterocycles. The van der Waals surface area contributed by atoms with Gasteiger partial charge in [0.1, 0.15) is 0 Å². The fraction of sp³-hybridized carbons (Fsp3) is 0.0385. The summed E-state index contributed by atoms with van der Waals surface area (Å²) in [5, 5.41) is 3.22. The summed E-state index contributed by atoms with van der Waals surface area (Å²) < 4.78 is 0. The Balaban J connectivity index is 1.52. The molecule has 32 heavy (non-hydrogen) atoms. The summed E-state index contributed by atoms with van der Waals surface area (Å²) in [5.74, 6) is -0.0830. The average Bonchev–Trinajstić information content (AvgIpc) is 3.41. The summed E-state index contributed by atoms with van der Waals surface area (Å²) in [7, 11) is 0. The van der Waals surface area contributed by atoms with E-state index in [1.165, 1.54) is 28.7 Å². The first-order chi connectivity index (χ1) is 15.7. The Hall–Kier alpha value is -3.48. The monoisotopic (exact) mass is 453 g/mol. The van der Waals surface area contributed by atoms with Crippen LogP contribution in [0.3, 0.4) is 0 Å². The molecule has 1 fully saturated rings. The maximum Gasteiger partial charge on any atom is 0.271 e. The number of carbonyl (C=O) groups is 1. The minimum absolute atomic E-state index is 0.0830. The number of anilines is 1. The van der Waals surface area contributed by atoms with Gasteiger partial charge in [0.15, 0.2) is 5.17 Å². The molecule has 0 atom stereocenters. The Morgan fingerprint density at radius 1 is 0.906 bits per heavy atom. The van der Waals surface area contributed by atoms with Crippen LogP contribution in [0.4, 0.5) is 10.8 Å². The van der Waals surface area contributed by atoms with E-state index < -0.39 is 0 Å². The number of aromatic nitrogens is 1. The lowest BCUT2D eigenvalue weighted by Crippen LogP contribution is -2.28. The molecule has 5 rings (SSSR count). The predicted molar refractivity (Wildman–Crippen MR) is 135 cm³/mol. The summed E-state index contributed by atoms with van der Waals surface area (Å²) >= 11 is 2.84. The predicted octanol–water partition coefficient (Wildman–Crippen LogP) is 6.93. The summed E-state index contributed by atoms with van der Waals surface area (Å²) in [6, 6.07) is 27.8. The largest absolute Gasteiger partial charge is 0.271 e. The summed E-state index contributed by atoms with van der Waals surface area (Å²) in [5.41, 5.74) is 4.89. The van der Waals surface area contributed by atoms with Crippen molar-refractivity contribution in [2.24, 2.45) is 4.99 Å². The Bertz CT molecular complexity index is 1310. The summed E-state index contributed by atoms with van der Waals surface area (Å²) in [4.78, 5) is 25.1. The molecular weight excluding hydrogens is 434 g/mol. The van der Waals surface area contributed by atoms with Gasteiger partial charge in [-0.15, -0.1) is 11.3 Å². The Morgan fingerprint density at radius 2 is 1.59 bits per heavy atom. The van der Waals surface area contributed by atoms with E-state index in [0.29, 0.717) is 15.2 Å². The van der Waals surface area contributed by atoms with E-state index in [1.54, 1.807) is 4.90 Å². The normalized spacial score (nSPS) is 16.3. The minimum Gasteiger partial charge on any atom is -0.268 e. The van der Waals surface area contributed by atoms with Crippen LogP contribution in [0.5, 0.6) is 0 Å². The highest BCUT2D eigenvalue weighted by atomic mass is 32.2. The van der Waals surface area contributed by atoms with Crippen LogP contribution in [0.1, 0.15) is 11.1 Å². The van der Waals surface area contributed by atoms with Gasteiger partial charge in [-0.3, -0.25) is 9.69 Å². The molecule has 2 heterocycles. The summed E-state index contributed by atoms with van der Waals surface area (Å²) in [6.07, 6.45) is 1.92. The molecule has 0 aliphatic carbocycles. The average molecular weight is 454 g/mol. The fourth-order valence-corrected chi connectivity index (χ4v) is 5.04. The standard InChI is InChI=1S/C26H19N3OS2/c1-18-12-14-19(15-13-18)16-23-24(30)29(21-10-6-3-7-11-21)26(32-23)28-25-27-22(17-31-25)20-8-4-2-5-9-20/h2-17H,1H3/b23-16-,28-26+. The lowest BCUT2D eigenvalue weighted by atomic mass is 10.1. The van der Waals surface area contributed by atoms with Crippen molar-refractivity contribution in [3.8, 4) is 11.3 Å². The molecule has 0 spiro atoms. The second-order valence-electron chi connectivity index (χ2n) is 7.27. The van der Waals surface area contributed by atoms with Crippen molar-refractivity contribution in [1.29, 1.82) is 0 Å². The number of rotatable bonds is 4. The highest BCUT2D eigenvalue weighted by Crippen LogP contribution is 2.38. The molecule has 0 radical (unpaired) electrons. The van der Waals surface area contributed by atoms with Crippen LogP contribution < -0.4 is 4.90 Å². The fourth-order valence-electron chi connectivity index (χ4n) is 3.31. The smallest absolute Gasteiger partial charge is 0.268 e. The lowest BCUT2D eigenvalue weighted by Gasteiger charge is -2.14. The van der Waals surface area contributed by atoms with Gasteiger partial charge in [-0.1, -0.05) is 78.4 Å². The lowest BCUT2D eigenvalue weighted by molar-refractivity contribution is -0.113. The molecule has 3 aromatic carbocycles.